The topological polar surface area (TPSA) is 42.0 Å². The van der Waals surface area contributed by atoms with Crippen molar-refractivity contribution in [3.8, 4) is 0 Å². The van der Waals surface area contributed by atoms with Crippen molar-refractivity contribution in [3.05, 3.63) is 49.5 Å². The van der Waals surface area contributed by atoms with Gasteiger partial charge < -0.3 is 5.32 Å². The van der Waals surface area contributed by atoms with Crippen molar-refractivity contribution in [1.82, 2.24) is 10.3 Å². The Kier molecular flexibility index (Phi) is 5.79. The predicted octanol–water partition coefficient (Wildman–Crippen LogP) is 4.13. The highest BCUT2D eigenvalue weighted by atomic mass is 127. The van der Waals surface area contributed by atoms with Crippen molar-refractivity contribution in [2.24, 2.45) is 0 Å². The average molecular weight is 440 g/mol. The number of amides is 1. The fourth-order valence-corrected chi connectivity index (χ4v) is 3.49. The molecule has 0 saturated carbocycles. The molecule has 1 amide bonds. The highest BCUT2D eigenvalue weighted by Gasteiger charge is 2.39. The normalized spacial score (nSPS) is 11.5. The zero-order chi connectivity index (χ0) is 16.2. The quantitative estimate of drug-likeness (QED) is 0.562. The Morgan fingerprint density at radius 3 is 2.59 bits per heavy atom. The number of nitrogens with zero attached hydrogens (tertiary/aromatic N) is 1. The third-order valence-corrected chi connectivity index (χ3v) is 4.59. The van der Waals surface area contributed by atoms with E-state index in [2.05, 4.69) is 10.3 Å². The monoisotopic (exact) mass is 440 g/mol. The van der Waals surface area contributed by atoms with E-state index in [1.165, 1.54) is 0 Å². The van der Waals surface area contributed by atoms with Gasteiger partial charge in [0.1, 0.15) is 4.88 Å². The first-order chi connectivity index (χ1) is 10.4. The number of aromatic nitrogens is 1. The molecule has 0 atom stereocenters. The molecule has 3 nitrogen and oxygen atoms in total. The van der Waals surface area contributed by atoms with Crippen LogP contribution in [0.4, 0.5) is 13.2 Å². The molecule has 8 heteroatoms. The zero-order valence-electron chi connectivity index (χ0n) is 11.3. The summed E-state index contributed by atoms with van der Waals surface area (Å²) in [5, 5.41) is 2.52. The van der Waals surface area contributed by atoms with Crippen LogP contribution >= 0.6 is 33.9 Å². The smallest absolute Gasteiger partial charge is 0.351 e. The number of halogens is 4. The van der Waals surface area contributed by atoms with Gasteiger partial charge in [0.15, 0.2) is 8.71 Å². The molecule has 1 N–H and O–H groups in total. The predicted molar refractivity (Wildman–Crippen MR) is 86.9 cm³/mol. The third-order valence-electron chi connectivity index (χ3n) is 2.85. The number of nitrogens with one attached hydrogen (secondary N) is 1. The number of benzene rings is 1. The summed E-state index contributed by atoms with van der Waals surface area (Å²) in [7, 11) is 0. The fraction of sp³-hybridized carbons (Fsp3) is 0.286. The van der Waals surface area contributed by atoms with Crippen molar-refractivity contribution in [3.63, 3.8) is 0 Å². The van der Waals surface area contributed by atoms with Gasteiger partial charge in [-0.3, -0.25) is 4.79 Å². The third kappa shape index (κ3) is 4.67. The molecule has 22 heavy (non-hydrogen) atoms. The van der Waals surface area contributed by atoms with E-state index < -0.39 is 17.8 Å². The van der Waals surface area contributed by atoms with Gasteiger partial charge in [0.05, 0.1) is 0 Å². The van der Waals surface area contributed by atoms with E-state index in [0.717, 1.165) is 23.3 Å². The van der Waals surface area contributed by atoms with Crippen molar-refractivity contribution in [1.29, 1.82) is 0 Å². The van der Waals surface area contributed by atoms with Crippen LogP contribution in [0.3, 0.4) is 0 Å². The van der Waals surface area contributed by atoms with E-state index in [9.17, 15) is 18.0 Å². The molecule has 2 rings (SSSR count). The summed E-state index contributed by atoms with van der Waals surface area (Å²) in [6.07, 6.45) is -3.20. The van der Waals surface area contributed by atoms with Gasteiger partial charge >= 0.3 is 6.18 Å². The van der Waals surface area contributed by atoms with Gasteiger partial charge in [0, 0.05) is 6.54 Å². The fourth-order valence-electron chi connectivity index (χ4n) is 1.86. The number of aryl methyl sites for hydroxylation is 1. The van der Waals surface area contributed by atoms with Gasteiger partial charge in [-0.25, -0.2) is 4.98 Å². The lowest BCUT2D eigenvalue weighted by Gasteiger charge is -2.07. The first-order valence-electron chi connectivity index (χ1n) is 6.43. The van der Waals surface area contributed by atoms with Crippen LogP contribution in [0.25, 0.3) is 0 Å². The standard InChI is InChI=1S/C14H12F3IN2OS/c15-14(16,17)11-10(22-13(18)20-11)12(21)19-8-4-7-9-5-2-1-3-6-9/h1-3,5-6H,4,7-8H2,(H,19,21). The summed E-state index contributed by atoms with van der Waals surface area (Å²) in [6.45, 7) is 0.319. The van der Waals surface area contributed by atoms with Gasteiger partial charge in [0.2, 0.25) is 0 Å². The summed E-state index contributed by atoms with van der Waals surface area (Å²) < 4.78 is 38.6. The summed E-state index contributed by atoms with van der Waals surface area (Å²) in [6, 6.07) is 9.69. The number of alkyl halides is 3. The van der Waals surface area contributed by atoms with Gasteiger partial charge in [0.25, 0.3) is 5.91 Å². The Morgan fingerprint density at radius 1 is 1.27 bits per heavy atom. The number of hydrogen-bond donors (Lipinski definition) is 1. The Hall–Kier alpha value is -1.16. The van der Waals surface area contributed by atoms with Gasteiger partial charge in [-0.15, -0.1) is 11.3 Å². The van der Waals surface area contributed by atoms with Crippen LogP contribution in [-0.2, 0) is 12.6 Å². The lowest BCUT2D eigenvalue weighted by molar-refractivity contribution is -0.141. The summed E-state index contributed by atoms with van der Waals surface area (Å²) in [4.78, 5) is 14.9. The van der Waals surface area contributed by atoms with Crippen LogP contribution in [0, 0.1) is 3.01 Å². The molecule has 0 radical (unpaired) electrons. The molecular formula is C14H12F3IN2OS. The molecule has 1 aromatic carbocycles. The van der Waals surface area contributed by atoms with Crippen LogP contribution < -0.4 is 5.32 Å². The van der Waals surface area contributed by atoms with Crippen LogP contribution in [0.15, 0.2) is 30.3 Å². The first-order valence-corrected chi connectivity index (χ1v) is 8.33. The molecule has 0 saturated heterocycles. The van der Waals surface area contributed by atoms with Gasteiger partial charge in [-0.05, 0) is 41.0 Å². The molecule has 0 unspecified atom stereocenters. The maximum atomic E-state index is 12.8. The minimum absolute atomic E-state index is 0.194. The molecular weight excluding hydrogens is 428 g/mol. The van der Waals surface area contributed by atoms with E-state index in [4.69, 9.17) is 0 Å². The molecule has 0 spiro atoms. The second-order valence-electron chi connectivity index (χ2n) is 4.49. The molecule has 0 aliphatic carbocycles. The minimum atomic E-state index is -4.61. The van der Waals surface area contributed by atoms with Crippen molar-refractivity contribution >= 4 is 39.8 Å². The number of hydrogen-bond acceptors (Lipinski definition) is 3. The molecule has 0 aliphatic rings. The molecule has 1 aromatic heterocycles. The average Bonchev–Trinajstić information content (AvgIpc) is 2.87. The number of carbonyl (C=O) groups is 1. The maximum Gasteiger partial charge on any atom is 0.435 e. The molecule has 0 fully saturated rings. The summed E-state index contributed by atoms with van der Waals surface area (Å²) >= 11 is 2.43. The lowest BCUT2D eigenvalue weighted by Crippen LogP contribution is -2.26. The second-order valence-corrected chi connectivity index (χ2v) is 7.24. The van der Waals surface area contributed by atoms with E-state index in [1.807, 2.05) is 30.3 Å². The number of thiazole rings is 1. The first kappa shape index (κ1) is 17.2. The number of rotatable bonds is 5. The summed E-state index contributed by atoms with van der Waals surface area (Å²) in [5.74, 6) is -0.721. The van der Waals surface area contributed by atoms with E-state index in [-0.39, 0.29) is 7.89 Å². The zero-order valence-corrected chi connectivity index (χ0v) is 14.3. The Bertz CT molecular complexity index is 643. The van der Waals surface area contributed by atoms with Gasteiger partial charge in [-0.1, -0.05) is 30.3 Å². The molecule has 118 valence electrons. The van der Waals surface area contributed by atoms with E-state index in [1.54, 1.807) is 22.6 Å². The van der Waals surface area contributed by atoms with Crippen LogP contribution in [-0.4, -0.2) is 17.4 Å². The molecule has 2 aromatic rings. The highest BCUT2D eigenvalue weighted by molar-refractivity contribution is 14.1. The van der Waals surface area contributed by atoms with E-state index in [0.29, 0.717) is 13.0 Å². The van der Waals surface area contributed by atoms with Gasteiger partial charge in [-0.2, -0.15) is 13.2 Å². The summed E-state index contributed by atoms with van der Waals surface area (Å²) in [5.41, 5.74) is 0.0162. The molecule has 0 aliphatic heterocycles. The van der Waals surface area contributed by atoms with Crippen molar-refractivity contribution in [2.75, 3.05) is 6.54 Å². The van der Waals surface area contributed by atoms with Crippen LogP contribution in [0.2, 0.25) is 0 Å². The maximum absolute atomic E-state index is 12.8. The Morgan fingerprint density at radius 2 is 1.95 bits per heavy atom. The highest BCUT2D eigenvalue weighted by Crippen LogP contribution is 2.34. The van der Waals surface area contributed by atoms with Crippen LogP contribution in [0.1, 0.15) is 27.3 Å². The molecule has 0 bridgehead atoms. The largest absolute Gasteiger partial charge is 0.435 e. The Labute approximate surface area is 143 Å². The van der Waals surface area contributed by atoms with E-state index >= 15 is 0 Å². The lowest BCUT2D eigenvalue weighted by atomic mass is 10.1. The molecule has 1 heterocycles. The minimum Gasteiger partial charge on any atom is -0.351 e. The second kappa shape index (κ2) is 7.40. The van der Waals surface area contributed by atoms with Crippen molar-refractivity contribution in [2.45, 2.75) is 19.0 Å². The SMILES string of the molecule is O=C(NCCCc1ccccc1)c1sc(I)nc1C(F)(F)F. The Balaban J connectivity index is 1.90. The number of carbonyl (C=O) groups excluding carboxylic acids is 1. The van der Waals surface area contributed by atoms with Crippen LogP contribution in [0.5, 0.6) is 0 Å². The van der Waals surface area contributed by atoms with Crippen molar-refractivity contribution < 1.29 is 18.0 Å².